The molecule has 0 fully saturated rings. The van der Waals surface area contributed by atoms with E-state index in [9.17, 15) is 0 Å². The molecule has 4 heteroatoms. The van der Waals surface area contributed by atoms with Crippen LogP contribution in [0.1, 0.15) is 32.2 Å². The quantitative estimate of drug-likeness (QED) is 0.836. The number of benzene rings is 1. The van der Waals surface area contributed by atoms with Gasteiger partial charge in [0.15, 0.2) is 0 Å². The van der Waals surface area contributed by atoms with Gasteiger partial charge in [0, 0.05) is 18.3 Å². The van der Waals surface area contributed by atoms with E-state index in [2.05, 4.69) is 59.6 Å². The molecule has 0 amide bonds. The fourth-order valence-corrected chi connectivity index (χ4v) is 2.12. The Morgan fingerprint density at radius 3 is 2.52 bits per heavy atom. The molecule has 1 heterocycles. The maximum atomic E-state index is 4.47. The Morgan fingerprint density at radius 1 is 1.10 bits per heavy atom. The van der Waals surface area contributed by atoms with Gasteiger partial charge in [-0.25, -0.2) is 9.97 Å². The van der Waals surface area contributed by atoms with Crippen LogP contribution in [0, 0.1) is 12.8 Å². The van der Waals surface area contributed by atoms with Crippen LogP contribution in [0.15, 0.2) is 30.3 Å². The average Bonchev–Trinajstić information content (AvgIpc) is 2.45. The highest BCUT2D eigenvalue weighted by Crippen LogP contribution is 2.21. The Kier molecular flexibility index (Phi) is 5.14. The summed E-state index contributed by atoms with van der Waals surface area (Å²) in [6.07, 6.45) is 0.992. The zero-order valence-electron chi connectivity index (χ0n) is 13.3. The molecule has 21 heavy (non-hydrogen) atoms. The zero-order valence-corrected chi connectivity index (χ0v) is 13.3. The maximum Gasteiger partial charge on any atom is 0.136 e. The van der Waals surface area contributed by atoms with Crippen molar-refractivity contribution in [3.8, 4) is 0 Å². The van der Waals surface area contributed by atoms with Crippen molar-refractivity contribution in [2.45, 2.75) is 34.1 Å². The molecule has 2 N–H and O–H groups in total. The second kappa shape index (κ2) is 7.07. The number of anilines is 3. The molecule has 4 nitrogen and oxygen atoms in total. The van der Waals surface area contributed by atoms with Crippen molar-refractivity contribution < 1.29 is 0 Å². The minimum atomic E-state index is 0.581. The van der Waals surface area contributed by atoms with Gasteiger partial charge >= 0.3 is 0 Å². The summed E-state index contributed by atoms with van der Waals surface area (Å²) in [6.45, 7) is 9.33. The molecule has 2 aromatic rings. The van der Waals surface area contributed by atoms with E-state index in [1.807, 2.05) is 19.1 Å². The van der Waals surface area contributed by atoms with Crippen LogP contribution in [0.4, 0.5) is 17.3 Å². The normalized spacial score (nSPS) is 10.7. The number of aromatic nitrogens is 2. The highest BCUT2D eigenvalue weighted by Gasteiger charge is 2.05. The number of aryl methyl sites for hydroxylation is 2. The van der Waals surface area contributed by atoms with Gasteiger partial charge in [-0.2, -0.15) is 0 Å². The standard InChI is InChI=1S/C17H24N4/c1-5-14-8-6-7-9-15(14)21-17-10-16(18-11-12(2)3)19-13(4)20-17/h6-10,12H,5,11H2,1-4H3,(H2,18,19,20,21). The second-order valence-electron chi connectivity index (χ2n) is 5.60. The lowest BCUT2D eigenvalue weighted by Gasteiger charge is -2.13. The van der Waals surface area contributed by atoms with E-state index < -0.39 is 0 Å². The van der Waals surface area contributed by atoms with Crippen LogP contribution in [0.5, 0.6) is 0 Å². The van der Waals surface area contributed by atoms with E-state index in [-0.39, 0.29) is 0 Å². The molecule has 0 aliphatic carbocycles. The number of nitrogens with zero attached hydrogens (tertiary/aromatic N) is 2. The van der Waals surface area contributed by atoms with Gasteiger partial charge in [0.25, 0.3) is 0 Å². The van der Waals surface area contributed by atoms with Gasteiger partial charge in [-0.1, -0.05) is 39.0 Å². The summed E-state index contributed by atoms with van der Waals surface area (Å²) in [4.78, 5) is 8.90. The predicted octanol–water partition coefficient (Wildman–Crippen LogP) is 4.16. The lowest BCUT2D eigenvalue weighted by Crippen LogP contribution is -2.10. The van der Waals surface area contributed by atoms with E-state index in [4.69, 9.17) is 0 Å². The van der Waals surface area contributed by atoms with Crippen molar-refractivity contribution in [1.82, 2.24) is 9.97 Å². The van der Waals surface area contributed by atoms with E-state index >= 15 is 0 Å². The average molecular weight is 284 g/mol. The van der Waals surface area contributed by atoms with Crippen LogP contribution in [0.25, 0.3) is 0 Å². The summed E-state index contributed by atoms with van der Waals surface area (Å²) >= 11 is 0. The number of para-hydroxylation sites is 1. The SMILES string of the molecule is CCc1ccccc1Nc1cc(NCC(C)C)nc(C)n1. The van der Waals surface area contributed by atoms with Gasteiger partial charge in [-0.15, -0.1) is 0 Å². The van der Waals surface area contributed by atoms with Crippen molar-refractivity contribution >= 4 is 17.3 Å². The smallest absolute Gasteiger partial charge is 0.136 e. The molecule has 112 valence electrons. The second-order valence-corrected chi connectivity index (χ2v) is 5.60. The van der Waals surface area contributed by atoms with E-state index in [1.54, 1.807) is 0 Å². The van der Waals surface area contributed by atoms with Gasteiger partial charge in [0.2, 0.25) is 0 Å². The third-order valence-electron chi connectivity index (χ3n) is 3.19. The van der Waals surface area contributed by atoms with Gasteiger partial charge < -0.3 is 10.6 Å². The van der Waals surface area contributed by atoms with E-state index in [0.717, 1.165) is 36.1 Å². The Balaban J connectivity index is 2.19. The summed E-state index contributed by atoms with van der Waals surface area (Å²) in [7, 11) is 0. The third-order valence-corrected chi connectivity index (χ3v) is 3.19. The first-order chi connectivity index (χ1) is 10.1. The Hall–Kier alpha value is -2.10. The highest BCUT2D eigenvalue weighted by atomic mass is 15.1. The topological polar surface area (TPSA) is 49.8 Å². The van der Waals surface area contributed by atoms with Crippen molar-refractivity contribution in [2.24, 2.45) is 5.92 Å². The van der Waals surface area contributed by atoms with Gasteiger partial charge in [-0.3, -0.25) is 0 Å². The van der Waals surface area contributed by atoms with Gasteiger partial charge in [0.05, 0.1) is 0 Å². The largest absolute Gasteiger partial charge is 0.370 e. The first-order valence-corrected chi connectivity index (χ1v) is 7.53. The zero-order chi connectivity index (χ0) is 15.2. The first-order valence-electron chi connectivity index (χ1n) is 7.53. The van der Waals surface area contributed by atoms with Crippen LogP contribution >= 0.6 is 0 Å². The molecule has 0 saturated carbocycles. The van der Waals surface area contributed by atoms with Crippen molar-refractivity contribution in [3.63, 3.8) is 0 Å². The van der Waals surface area contributed by atoms with Crippen LogP contribution in [0.3, 0.4) is 0 Å². The lowest BCUT2D eigenvalue weighted by atomic mass is 10.1. The fourth-order valence-electron chi connectivity index (χ4n) is 2.12. The third kappa shape index (κ3) is 4.45. The number of rotatable bonds is 6. The minimum absolute atomic E-state index is 0.581. The molecule has 0 spiro atoms. The van der Waals surface area contributed by atoms with Crippen molar-refractivity contribution in [3.05, 3.63) is 41.7 Å². The molecule has 0 atom stereocenters. The summed E-state index contributed by atoms with van der Waals surface area (Å²) in [5.74, 6) is 3.04. The number of nitrogens with one attached hydrogen (secondary N) is 2. The number of hydrogen-bond acceptors (Lipinski definition) is 4. The monoisotopic (exact) mass is 284 g/mol. The van der Waals surface area contributed by atoms with E-state index in [0.29, 0.717) is 5.92 Å². The first kappa shape index (κ1) is 15.3. The van der Waals surface area contributed by atoms with Crippen LogP contribution in [0.2, 0.25) is 0 Å². The minimum Gasteiger partial charge on any atom is -0.370 e. The van der Waals surface area contributed by atoms with Crippen LogP contribution in [-0.4, -0.2) is 16.5 Å². The highest BCUT2D eigenvalue weighted by molar-refractivity contribution is 5.62. The fraction of sp³-hybridized carbons (Fsp3) is 0.412. The predicted molar refractivity (Wildman–Crippen MR) is 89.2 cm³/mol. The molecule has 0 aliphatic rings. The number of hydrogen-bond donors (Lipinski definition) is 2. The molecule has 0 bridgehead atoms. The molecule has 0 aliphatic heterocycles. The Morgan fingerprint density at radius 2 is 1.81 bits per heavy atom. The maximum absolute atomic E-state index is 4.47. The molecule has 0 radical (unpaired) electrons. The summed E-state index contributed by atoms with van der Waals surface area (Å²) in [5.41, 5.74) is 2.39. The molecular weight excluding hydrogens is 260 g/mol. The Bertz CT molecular complexity index is 593. The molecule has 0 unspecified atom stereocenters. The van der Waals surface area contributed by atoms with Crippen LogP contribution < -0.4 is 10.6 Å². The molecule has 1 aromatic heterocycles. The molecular formula is C17H24N4. The Labute approximate surface area is 127 Å². The molecule has 2 rings (SSSR count). The van der Waals surface area contributed by atoms with Crippen molar-refractivity contribution in [2.75, 3.05) is 17.2 Å². The summed E-state index contributed by atoms with van der Waals surface area (Å²) < 4.78 is 0. The van der Waals surface area contributed by atoms with Crippen molar-refractivity contribution in [1.29, 1.82) is 0 Å². The summed E-state index contributed by atoms with van der Waals surface area (Å²) in [5, 5.41) is 6.75. The van der Waals surface area contributed by atoms with Gasteiger partial charge in [0.1, 0.15) is 17.5 Å². The molecule has 0 saturated heterocycles. The van der Waals surface area contributed by atoms with Gasteiger partial charge in [-0.05, 0) is 30.9 Å². The molecule has 1 aromatic carbocycles. The summed E-state index contributed by atoms with van der Waals surface area (Å²) in [6, 6.07) is 10.3. The lowest BCUT2D eigenvalue weighted by molar-refractivity contribution is 0.686. The van der Waals surface area contributed by atoms with Crippen LogP contribution in [-0.2, 0) is 6.42 Å². The van der Waals surface area contributed by atoms with E-state index in [1.165, 1.54) is 5.56 Å².